The van der Waals surface area contributed by atoms with E-state index in [1.165, 1.54) is 0 Å². The Bertz CT molecular complexity index is 355. The molecule has 1 aromatic rings. The van der Waals surface area contributed by atoms with E-state index in [9.17, 15) is 4.79 Å². The number of pyridine rings is 1. The summed E-state index contributed by atoms with van der Waals surface area (Å²) in [6, 6.07) is 5.30. The van der Waals surface area contributed by atoms with E-state index >= 15 is 0 Å². The number of hydrogen-bond acceptors (Lipinski definition) is 3. The van der Waals surface area contributed by atoms with Crippen LogP contribution < -0.4 is 5.32 Å². The van der Waals surface area contributed by atoms with Crippen LogP contribution in [0.2, 0.25) is 0 Å². The van der Waals surface area contributed by atoms with Gasteiger partial charge in [0.2, 0.25) is 0 Å². The number of halogens is 1. The number of aromatic nitrogens is 1. The van der Waals surface area contributed by atoms with Crippen molar-refractivity contribution >= 4 is 21.8 Å². The maximum absolute atomic E-state index is 11.3. The Morgan fingerprint density at radius 2 is 2.43 bits per heavy atom. The molecule has 0 saturated heterocycles. The SMILES string of the molecule is N#CCCNC(=O)c1ccc(Br)cn1. The van der Waals surface area contributed by atoms with E-state index in [0.29, 0.717) is 18.7 Å². The summed E-state index contributed by atoms with van der Waals surface area (Å²) in [7, 11) is 0. The smallest absolute Gasteiger partial charge is 0.269 e. The monoisotopic (exact) mass is 253 g/mol. The van der Waals surface area contributed by atoms with Crippen molar-refractivity contribution < 1.29 is 4.79 Å². The van der Waals surface area contributed by atoms with Gasteiger partial charge in [0.05, 0.1) is 12.5 Å². The lowest BCUT2D eigenvalue weighted by Crippen LogP contribution is -2.24. The van der Waals surface area contributed by atoms with Crippen molar-refractivity contribution in [1.82, 2.24) is 10.3 Å². The van der Waals surface area contributed by atoms with Crippen LogP contribution in [0.4, 0.5) is 0 Å². The molecule has 72 valence electrons. The molecule has 0 fully saturated rings. The van der Waals surface area contributed by atoms with Crippen molar-refractivity contribution in [3.63, 3.8) is 0 Å². The third kappa shape index (κ3) is 3.15. The largest absolute Gasteiger partial charge is 0.350 e. The van der Waals surface area contributed by atoms with Gasteiger partial charge >= 0.3 is 0 Å². The highest BCUT2D eigenvalue weighted by atomic mass is 79.9. The molecule has 0 radical (unpaired) electrons. The molecular weight excluding hydrogens is 246 g/mol. The van der Waals surface area contributed by atoms with E-state index in [2.05, 4.69) is 26.2 Å². The summed E-state index contributed by atoms with van der Waals surface area (Å²) >= 11 is 3.22. The van der Waals surface area contributed by atoms with Gasteiger partial charge in [-0.05, 0) is 28.1 Å². The van der Waals surface area contributed by atoms with Crippen molar-refractivity contribution in [2.75, 3.05) is 6.54 Å². The van der Waals surface area contributed by atoms with Crippen LogP contribution in [0.3, 0.4) is 0 Å². The molecule has 1 amide bonds. The first-order chi connectivity index (χ1) is 6.74. The zero-order chi connectivity index (χ0) is 10.4. The van der Waals surface area contributed by atoms with Gasteiger partial charge in [-0.3, -0.25) is 4.79 Å². The van der Waals surface area contributed by atoms with Crippen LogP contribution in [0.5, 0.6) is 0 Å². The van der Waals surface area contributed by atoms with Gasteiger partial charge < -0.3 is 5.32 Å². The fourth-order valence-electron chi connectivity index (χ4n) is 0.833. The number of carbonyl (C=O) groups is 1. The Morgan fingerprint density at radius 1 is 1.64 bits per heavy atom. The summed E-state index contributed by atoms with van der Waals surface area (Å²) in [5, 5.41) is 10.8. The molecule has 0 unspecified atom stereocenters. The van der Waals surface area contributed by atoms with E-state index in [1.807, 2.05) is 6.07 Å². The standard InChI is InChI=1S/C9H8BrN3O/c10-7-2-3-8(13-6-7)9(14)12-5-1-4-11/h2-3,6H,1,5H2,(H,12,14). The molecular formula is C9H8BrN3O. The molecule has 14 heavy (non-hydrogen) atoms. The Hall–Kier alpha value is -1.41. The zero-order valence-corrected chi connectivity index (χ0v) is 8.91. The predicted molar refractivity (Wildman–Crippen MR) is 54.5 cm³/mol. The minimum atomic E-state index is -0.257. The Labute approximate surface area is 90.1 Å². The topological polar surface area (TPSA) is 65.8 Å². The lowest BCUT2D eigenvalue weighted by atomic mass is 10.3. The van der Waals surface area contributed by atoms with Gasteiger partial charge in [-0.2, -0.15) is 5.26 Å². The van der Waals surface area contributed by atoms with Gasteiger partial charge in [0.15, 0.2) is 0 Å². The molecule has 0 aromatic carbocycles. The second-order valence-corrected chi connectivity index (χ2v) is 3.44. The fraction of sp³-hybridized carbons (Fsp3) is 0.222. The highest BCUT2D eigenvalue weighted by Gasteiger charge is 2.04. The first-order valence-corrected chi connectivity index (χ1v) is 4.80. The van der Waals surface area contributed by atoms with E-state index in [4.69, 9.17) is 5.26 Å². The minimum absolute atomic E-state index is 0.257. The lowest BCUT2D eigenvalue weighted by Gasteiger charge is -2.01. The van der Waals surface area contributed by atoms with Crippen molar-refractivity contribution in [3.05, 3.63) is 28.5 Å². The molecule has 0 spiro atoms. The van der Waals surface area contributed by atoms with Gasteiger partial charge in [0, 0.05) is 17.2 Å². The van der Waals surface area contributed by atoms with Crippen molar-refractivity contribution in [2.45, 2.75) is 6.42 Å². The number of nitriles is 1. The maximum Gasteiger partial charge on any atom is 0.269 e. The normalized spacial score (nSPS) is 9.14. The molecule has 4 nitrogen and oxygen atoms in total. The van der Waals surface area contributed by atoms with E-state index in [1.54, 1.807) is 18.3 Å². The van der Waals surface area contributed by atoms with Gasteiger partial charge in [-0.1, -0.05) is 0 Å². The number of nitrogens with one attached hydrogen (secondary N) is 1. The molecule has 0 aliphatic carbocycles. The number of rotatable bonds is 3. The van der Waals surface area contributed by atoms with Crippen molar-refractivity contribution in [2.24, 2.45) is 0 Å². The molecule has 1 heterocycles. The number of hydrogen-bond donors (Lipinski definition) is 1. The molecule has 0 atom stereocenters. The summed E-state index contributed by atoms with van der Waals surface area (Å²) in [5.74, 6) is -0.257. The predicted octanol–water partition coefficient (Wildman–Crippen LogP) is 1.49. The van der Waals surface area contributed by atoms with E-state index < -0.39 is 0 Å². The molecule has 0 saturated carbocycles. The first-order valence-electron chi connectivity index (χ1n) is 4.00. The van der Waals surface area contributed by atoms with Gasteiger partial charge in [-0.15, -0.1) is 0 Å². The third-order valence-electron chi connectivity index (χ3n) is 1.48. The summed E-state index contributed by atoms with van der Waals surface area (Å²) < 4.78 is 0.825. The highest BCUT2D eigenvalue weighted by molar-refractivity contribution is 9.10. The van der Waals surface area contributed by atoms with Crippen LogP contribution in [0.25, 0.3) is 0 Å². The molecule has 1 rings (SSSR count). The average molecular weight is 254 g/mol. The maximum atomic E-state index is 11.3. The molecule has 5 heteroatoms. The lowest BCUT2D eigenvalue weighted by molar-refractivity contribution is 0.0949. The van der Waals surface area contributed by atoms with Crippen LogP contribution in [0.1, 0.15) is 16.9 Å². The molecule has 1 aromatic heterocycles. The van der Waals surface area contributed by atoms with Crippen molar-refractivity contribution in [3.8, 4) is 6.07 Å². The van der Waals surface area contributed by atoms with Crippen LogP contribution in [-0.2, 0) is 0 Å². The second-order valence-electron chi connectivity index (χ2n) is 2.53. The number of amides is 1. The van der Waals surface area contributed by atoms with Crippen LogP contribution in [0.15, 0.2) is 22.8 Å². The summed E-state index contributed by atoms with van der Waals surface area (Å²) in [4.78, 5) is 15.2. The Kier molecular flexibility index (Phi) is 4.08. The Balaban J connectivity index is 2.53. The summed E-state index contributed by atoms with van der Waals surface area (Å²) in [6.45, 7) is 0.354. The second kappa shape index (κ2) is 5.35. The molecule has 0 aliphatic heterocycles. The van der Waals surface area contributed by atoms with Crippen LogP contribution in [-0.4, -0.2) is 17.4 Å². The van der Waals surface area contributed by atoms with Gasteiger partial charge in [-0.25, -0.2) is 4.98 Å². The first kappa shape index (κ1) is 10.7. The molecule has 0 bridgehead atoms. The third-order valence-corrected chi connectivity index (χ3v) is 1.95. The van der Waals surface area contributed by atoms with Crippen molar-refractivity contribution in [1.29, 1.82) is 5.26 Å². The highest BCUT2D eigenvalue weighted by Crippen LogP contribution is 2.06. The van der Waals surface area contributed by atoms with E-state index in [-0.39, 0.29) is 5.91 Å². The van der Waals surface area contributed by atoms with Gasteiger partial charge in [0.1, 0.15) is 5.69 Å². The zero-order valence-electron chi connectivity index (χ0n) is 7.33. The number of nitrogens with zero attached hydrogens (tertiary/aromatic N) is 2. The van der Waals surface area contributed by atoms with Crippen LogP contribution >= 0.6 is 15.9 Å². The quantitative estimate of drug-likeness (QED) is 0.831. The summed E-state index contributed by atoms with van der Waals surface area (Å²) in [6.07, 6.45) is 1.86. The number of carbonyl (C=O) groups excluding carboxylic acids is 1. The summed E-state index contributed by atoms with van der Waals surface area (Å²) in [5.41, 5.74) is 0.353. The molecule has 0 aliphatic rings. The fourth-order valence-corrected chi connectivity index (χ4v) is 1.07. The van der Waals surface area contributed by atoms with E-state index in [0.717, 1.165) is 4.47 Å². The Morgan fingerprint density at radius 3 is 3.00 bits per heavy atom. The van der Waals surface area contributed by atoms with Gasteiger partial charge in [0.25, 0.3) is 5.91 Å². The average Bonchev–Trinajstić information content (AvgIpc) is 2.19. The molecule has 1 N–H and O–H groups in total. The minimum Gasteiger partial charge on any atom is -0.350 e. The van der Waals surface area contributed by atoms with Crippen LogP contribution in [0, 0.1) is 11.3 Å².